The van der Waals surface area contributed by atoms with Crippen LogP contribution in [0.15, 0.2) is 53.0 Å². The second-order valence-electron chi connectivity index (χ2n) is 4.07. The summed E-state index contributed by atoms with van der Waals surface area (Å²) < 4.78 is 6.81. The van der Waals surface area contributed by atoms with Gasteiger partial charge in [-0.15, -0.1) is 0 Å². The predicted molar refractivity (Wildman–Crippen MR) is 81.6 cm³/mol. The maximum absolute atomic E-state index is 5.82. The number of benzene rings is 2. The molecule has 100 valence electrons. The Morgan fingerprint density at radius 1 is 1.00 bits per heavy atom. The maximum atomic E-state index is 5.82. The molecule has 0 aliphatic carbocycles. The molecular formula is C14H11BrN4O. The van der Waals surface area contributed by atoms with Gasteiger partial charge in [-0.2, -0.15) is 4.98 Å². The second-order valence-corrected chi connectivity index (χ2v) is 4.99. The summed E-state index contributed by atoms with van der Waals surface area (Å²) in [6.07, 6.45) is 0. The Morgan fingerprint density at radius 3 is 2.50 bits per heavy atom. The summed E-state index contributed by atoms with van der Waals surface area (Å²) in [6.45, 7) is 0. The van der Waals surface area contributed by atoms with Crippen molar-refractivity contribution in [2.75, 3.05) is 5.43 Å². The van der Waals surface area contributed by atoms with E-state index in [1.165, 1.54) is 0 Å². The molecule has 2 aromatic carbocycles. The zero-order valence-electron chi connectivity index (χ0n) is 10.4. The lowest BCUT2D eigenvalue weighted by atomic mass is 10.2. The molecule has 0 radical (unpaired) electrons. The molecule has 0 fully saturated rings. The molecule has 5 nitrogen and oxygen atoms in total. The summed E-state index contributed by atoms with van der Waals surface area (Å²) in [5.74, 6) is 6.86. The van der Waals surface area contributed by atoms with Crippen LogP contribution in [0.25, 0.3) is 10.9 Å². The summed E-state index contributed by atoms with van der Waals surface area (Å²) in [5.41, 5.74) is 3.21. The number of hydrazine groups is 1. The van der Waals surface area contributed by atoms with Crippen LogP contribution in [0.3, 0.4) is 0 Å². The molecule has 1 aromatic heterocycles. The monoisotopic (exact) mass is 330 g/mol. The number of rotatable bonds is 3. The van der Waals surface area contributed by atoms with Gasteiger partial charge in [-0.1, -0.05) is 28.1 Å². The van der Waals surface area contributed by atoms with Gasteiger partial charge in [0.25, 0.3) is 0 Å². The molecule has 0 saturated carbocycles. The van der Waals surface area contributed by atoms with Gasteiger partial charge < -0.3 is 4.74 Å². The van der Waals surface area contributed by atoms with Crippen molar-refractivity contribution in [2.45, 2.75) is 0 Å². The number of nitrogens with one attached hydrogen (secondary N) is 1. The van der Waals surface area contributed by atoms with Gasteiger partial charge >= 0.3 is 0 Å². The number of hydrogen-bond donors (Lipinski definition) is 2. The Bertz CT molecular complexity index is 746. The number of aromatic nitrogens is 2. The normalized spacial score (nSPS) is 10.5. The lowest BCUT2D eigenvalue weighted by Crippen LogP contribution is -2.11. The first-order chi connectivity index (χ1) is 9.76. The van der Waals surface area contributed by atoms with E-state index in [-0.39, 0.29) is 0 Å². The van der Waals surface area contributed by atoms with Gasteiger partial charge in [0, 0.05) is 4.47 Å². The van der Waals surface area contributed by atoms with Crippen molar-refractivity contribution in [1.82, 2.24) is 9.97 Å². The highest BCUT2D eigenvalue weighted by atomic mass is 79.9. The van der Waals surface area contributed by atoms with Crippen LogP contribution in [-0.4, -0.2) is 9.97 Å². The van der Waals surface area contributed by atoms with Crippen molar-refractivity contribution < 1.29 is 4.74 Å². The van der Waals surface area contributed by atoms with Gasteiger partial charge in [0.15, 0.2) is 0 Å². The van der Waals surface area contributed by atoms with Gasteiger partial charge in [-0.25, -0.2) is 10.8 Å². The number of anilines is 1. The van der Waals surface area contributed by atoms with E-state index in [2.05, 4.69) is 31.3 Å². The molecule has 3 aromatic rings. The number of ether oxygens (including phenoxy) is 1. The molecule has 3 rings (SSSR count). The molecule has 0 bridgehead atoms. The molecule has 0 aliphatic heterocycles. The van der Waals surface area contributed by atoms with Crippen molar-refractivity contribution in [1.29, 1.82) is 0 Å². The minimum absolute atomic E-state index is 0.316. The third-order valence-corrected chi connectivity index (χ3v) is 3.25. The van der Waals surface area contributed by atoms with Crippen LogP contribution in [0.1, 0.15) is 0 Å². The molecule has 0 spiro atoms. The largest absolute Gasteiger partial charge is 0.438 e. The van der Waals surface area contributed by atoms with E-state index in [9.17, 15) is 0 Å². The van der Waals surface area contributed by atoms with E-state index in [1.54, 1.807) is 0 Å². The van der Waals surface area contributed by atoms with Crippen molar-refractivity contribution >= 4 is 32.8 Å². The molecule has 0 amide bonds. The van der Waals surface area contributed by atoms with Gasteiger partial charge in [0.05, 0.1) is 10.9 Å². The van der Waals surface area contributed by atoms with E-state index in [4.69, 9.17) is 10.6 Å². The zero-order chi connectivity index (χ0) is 13.9. The standard InChI is InChI=1S/C14H11BrN4O/c15-9-5-7-10(8-6-9)20-13-11-3-1-2-4-12(11)17-14(18-13)19-16/h1-8H,16H2,(H,17,18,19). The fourth-order valence-corrected chi connectivity index (χ4v) is 2.07. The fraction of sp³-hybridized carbons (Fsp3) is 0. The molecule has 0 aliphatic rings. The number of nitrogens with zero attached hydrogens (tertiary/aromatic N) is 2. The number of hydrogen-bond acceptors (Lipinski definition) is 5. The van der Waals surface area contributed by atoms with Crippen LogP contribution in [-0.2, 0) is 0 Å². The molecule has 1 heterocycles. The number of halogens is 1. The maximum Gasteiger partial charge on any atom is 0.241 e. The van der Waals surface area contributed by atoms with Gasteiger partial charge in [0.2, 0.25) is 11.8 Å². The predicted octanol–water partition coefficient (Wildman–Crippen LogP) is 3.47. The Labute approximate surface area is 123 Å². The first-order valence-electron chi connectivity index (χ1n) is 5.93. The Kier molecular flexibility index (Phi) is 3.49. The Hall–Kier alpha value is -2.18. The van der Waals surface area contributed by atoms with Crippen molar-refractivity contribution in [2.24, 2.45) is 5.84 Å². The number of nitrogens with two attached hydrogens (primary N) is 1. The smallest absolute Gasteiger partial charge is 0.241 e. The quantitative estimate of drug-likeness (QED) is 0.568. The van der Waals surface area contributed by atoms with Crippen molar-refractivity contribution in [3.63, 3.8) is 0 Å². The fourth-order valence-electron chi connectivity index (χ4n) is 1.80. The van der Waals surface area contributed by atoms with Crippen LogP contribution >= 0.6 is 15.9 Å². The molecule has 6 heteroatoms. The molecular weight excluding hydrogens is 320 g/mol. The van der Waals surface area contributed by atoms with Crippen LogP contribution < -0.4 is 16.0 Å². The summed E-state index contributed by atoms with van der Waals surface area (Å²) in [7, 11) is 0. The minimum Gasteiger partial charge on any atom is -0.438 e. The number of para-hydroxylation sites is 1. The summed E-state index contributed by atoms with van der Waals surface area (Å²) in [6, 6.07) is 15.1. The Balaban J connectivity index is 2.07. The first kappa shape index (κ1) is 12.8. The number of fused-ring (bicyclic) bond motifs is 1. The van der Waals surface area contributed by atoms with E-state index < -0.39 is 0 Å². The molecule has 20 heavy (non-hydrogen) atoms. The van der Waals surface area contributed by atoms with Crippen LogP contribution in [0.2, 0.25) is 0 Å². The minimum atomic E-state index is 0.316. The lowest BCUT2D eigenvalue weighted by Gasteiger charge is -2.09. The van der Waals surface area contributed by atoms with Crippen LogP contribution in [0.5, 0.6) is 11.6 Å². The van der Waals surface area contributed by atoms with Crippen LogP contribution in [0.4, 0.5) is 5.95 Å². The summed E-state index contributed by atoms with van der Waals surface area (Å²) in [4.78, 5) is 8.53. The molecule has 0 atom stereocenters. The average Bonchev–Trinajstić information content (AvgIpc) is 2.49. The second kappa shape index (κ2) is 5.44. The van der Waals surface area contributed by atoms with Gasteiger partial charge in [-0.3, -0.25) is 5.43 Å². The van der Waals surface area contributed by atoms with Gasteiger partial charge in [0.1, 0.15) is 5.75 Å². The molecule has 3 N–H and O–H groups in total. The van der Waals surface area contributed by atoms with Crippen molar-refractivity contribution in [3.8, 4) is 11.6 Å². The summed E-state index contributed by atoms with van der Waals surface area (Å²) >= 11 is 3.39. The third-order valence-electron chi connectivity index (χ3n) is 2.73. The highest BCUT2D eigenvalue weighted by molar-refractivity contribution is 9.10. The SMILES string of the molecule is NNc1nc(Oc2ccc(Br)cc2)c2ccccc2n1. The highest BCUT2D eigenvalue weighted by Crippen LogP contribution is 2.28. The molecule has 0 saturated heterocycles. The average molecular weight is 331 g/mol. The third kappa shape index (κ3) is 2.56. The van der Waals surface area contributed by atoms with E-state index in [0.717, 1.165) is 15.4 Å². The topological polar surface area (TPSA) is 73.1 Å². The van der Waals surface area contributed by atoms with Crippen LogP contribution in [0, 0.1) is 0 Å². The van der Waals surface area contributed by atoms with Crippen molar-refractivity contribution in [3.05, 3.63) is 53.0 Å². The first-order valence-corrected chi connectivity index (χ1v) is 6.72. The highest BCUT2D eigenvalue weighted by Gasteiger charge is 2.09. The number of nitrogen functional groups attached to an aromatic ring is 1. The van der Waals surface area contributed by atoms with Gasteiger partial charge in [-0.05, 0) is 36.4 Å². The van der Waals surface area contributed by atoms with E-state index in [1.807, 2.05) is 48.5 Å². The van der Waals surface area contributed by atoms with E-state index in [0.29, 0.717) is 17.6 Å². The molecule has 0 unspecified atom stereocenters. The summed E-state index contributed by atoms with van der Waals surface area (Å²) in [5, 5.41) is 0.828. The zero-order valence-corrected chi connectivity index (χ0v) is 12.0. The lowest BCUT2D eigenvalue weighted by molar-refractivity contribution is 0.469. The van der Waals surface area contributed by atoms with E-state index >= 15 is 0 Å². The Morgan fingerprint density at radius 2 is 1.75 bits per heavy atom.